The topological polar surface area (TPSA) is 57.6 Å². The van der Waals surface area contributed by atoms with E-state index in [2.05, 4.69) is 0 Å². The average Bonchev–Trinajstić information content (AvgIpc) is 2.36. The molecule has 4 nitrogen and oxygen atoms in total. The number of rotatable bonds is 6. The Bertz CT molecular complexity index is 505. The van der Waals surface area contributed by atoms with E-state index in [0.29, 0.717) is 6.54 Å². The number of benzene rings is 1. The molecule has 0 saturated carbocycles. The molecule has 1 rings (SSSR count). The molecule has 0 fully saturated rings. The van der Waals surface area contributed by atoms with Crippen LogP contribution in [0.3, 0.4) is 0 Å². The number of amides is 1. The van der Waals surface area contributed by atoms with Gasteiger partial charge in [0.25, 0.3) is 5.91 Å². The van der Waals surface area contributed by atoms with E-state index in [1.165, 1.54) is 17.0 Å². The lowest BCUT2D eigenvalue weighted by atomic mass is 10.1. The maximum absolute atomic E-state index is 13.1. The second-order valence-electron chi connectivity index (χ2n) is 4.92. The summed E-state index contributed by atoms with van der Waals surface area (Å²) in [5.41, 5.74) is 0.252. The fraction of sp³-hybridized carbons (Fsp3) is 0.429. The predicted molar refractivity (Wildman–Crippen MR) is 74.4 cm³/mol. The van der Waals surface area contributed by atoms with Gasteiger partial charge in [0.1, 0.15) is 5.82 Å². The molecular formula is C14H17ClFNO3. The van der Waals surface area contributed by atoms with E-state index in [-0.39, 0.29) is 35.4 Å². The first-order valence-electron chi connectivity index (χ1n) is 6.27. The molecule has 0 bridgehead atoms. The van der Waals surface area contributed by atoms with Crippen molar-refractivity contribution in [3.05, 3.63) is 34.6 Å². The van der Waals surface area contributed by atoms with Crippen LogP contribution in [-0.4, -0.2) is 35.0 Å². The minimum absolute atomic E-state index is 0.112. The van der Waals surface area contributed by atoms with E-state index in [9.17, 15) is 14.0 Å². The third-order valence-electron chi connectivity index (χ3n) is 2.63. The summed E-state index contributed by atoms with van der Waals surface area (Å²) >= 11 is 5.66. The molecule has 0 atom stereocenters. The van der Waals surface area contributed by atoms with Crippen LogP contribution in [0, 0.1) is 11.7 Å². The number of hydrogen-bond acceptors (Lipinski definition) is 2. The molecule has 0 aromatic heterocycles. The number of carboxylic acid groups (broad SMARTS) is 1. The molecule has 0 aliphatic carbocycles. The maximum atomic E-state index is 13.1. The van der Waals surface area contributed by atoms with Gasteiger partial charge in [0.2, 0.25) is 0 Å². The third kappa shape index (κ3) is 4.81. The number of carbonyl (C=O) groups is 2. The Labute approximate surface area is 122 Å². The molecule has 0 radical (unpaired) electrons. The summed E-state index contributed by atoms with van der Waals surface area (Å²) in [4.78, 5) is 24.4. The highest BCUT2D eigenvalue weighted by Crippen LogP contribution is 2.18. The van der Waals surface area contributed by atoms with Gasteiger partial charge in [-0.15, -0.1) is 0 Å². The highest BCUT2D eigenvalue weighted by molar-refractivity contribution is 6.31. The summed E-state index contributed by atoms with van der Waals surface area (Å²) < 4.78 is 13.1. The smallest absolute Gasteiger partial charge is 0.305 e. The molecule has 0 spiro atoms. The van der Waals surface area contributed by atoms with Gasteiger partial charge in [-0.3, -0.25) is 9.59 Å². The van der Waals surface area contributed by atoms with E-state index >= 15 is 0 Å². The van der Waals surface area contributed by atoms with Crippen LogP contribution in [0.15, 0.2) is 18.2 Å². The number of aliphatic carboxylic acids is 1. The third-order valence-corrected chi connectivity index (χ3v) is 2.92. The zero-order chi connectivity index (χ0) is 15.3. The lowest BCUT2D eigenvalue weighted by molar-refractivity contribution is -0.137. The van der Waals surface area contributed by atoms with Crippen LogP contribution < -0.4 is 0 Å². The van der Waals surface area contributed by atoms with Crippen molar-refractivity contribution < 1.29 is 19.1 Å². The van der Waals surface area contributed by atoms with E-state index in [1.54, 1.807) is 0 Å². The summed E-state index contributed by atoms with van der Waals surface area (Å²) in [5, 5.41) is 8.59. The number of hydrogen-bond donors (Lipinski definition) is 1. The summed E-state index contributed by atoms with van der Waals surface area (Å²) in [5.74, 6) is -1.71. The zero-order valence-corrected chi connectivity index (χ0v) is 12.2. The van der Waals surface area contributed by atoms with Crippen LogP contribution in [0.5, 0.6) is 0 Å². The van der Waals surface area contributed by atoms with Crippen LogP contribution >= 0.6 is 11.6 Å². The molecule has 6 heteroatoms. The molecule has 0 aliphatic rings. The molecule has 20 heavy (non-hydrogen) atoms. The van der Waals surface area contributed by atoms with Crippen molar-refractivity contribution >= 4 is 23.5 Å². The van der Waals surface area contributed by atoms with Crippen molar-refractivity contribution in [1.29, 1.82) is 0 Å². The zero-order valence-electron chi connectivity index (χ0n) is 11.4. The first kappa shape index (κ1) is 16.4. The van der Waals surface area contributed by atoms with Gasteiger partial charge in [-0.05, 0) is 24.1 Å². The molecule has 1 N–H and O–H groups in total. The maximum Gasteiger partial charge on any atom is 0.305 e. The van der Waals surface area contributed by atoms with Gasteiger partial charge >= 0.3 is 5.97 Å². The Morgan fingerprint density at radius 2 is 2.05 bits per heavy atom. The van der Waals surface area contributed by atoms with E-state index in [1.807, 2.05) is 13.8 Å². The van der Waals surface area contributed by atoms with Gasteiger partial charge in [0.05, 0.1) is 11.4 Å². The van der Waals surface area contributed by atoms with Gasteiger partial charge < -0.3 is 10.0 Å². The number of halogens is 2. The molecule has 0 aliphatic heterocycles. The summed E-state index contributed by atoms with van der Waals surface area (Å²) in [6.07, 6.45) is -0.132. The van der Waals surface area contributed by atoms with Gasteiger partial charge in [0, 0.05) is 18.7 Å². The molecule has 1 amide bonds. The van der Waals surface area contributed by atoms with Crippen LogP contribution in [-0.2, 0) is 4.79 Å². The summed E-state index contributed by atoms with van der Waals surface area (Å²) in [7, 11) is 0. The predicted octanol–water partition coefficient (Wildman–Crippen LogP) is 3.05. The first-order chi connectivity index (χ1) is 9.31. The Morgan fingerprint density at radius 1 is 1.40 bits per heavy atom. The SMILES string of the molecule is CC(C)CN(CCC(=O)O)C(=O)c1ccc(F)c(Cl)c1. The molecule has 1 aromatic carbocycles. The minimum Gasteiger partial charge on any atom is -0.481 e. The van der Waals surface area contributed by atoms with Crippen molar-refractivity contribution in [3.63, 3.8) is 0 Å². The van der Waals surface area contributed by atoms with Gasteiger partial charge in [-0.25, -0.2) is 4.39 Å². The first-order valence-corrected chi connectivity index (χ1v) is 6.65. The van der Waals surface area contributed by atoms with Crippen molar-refractivity contribution in [2.45, 2.75) is 20.3 Å². The van der Waals surface area contributed by atoms with Crippen molar-refractivity contribution in [2.75, 3.05) is 13.1 Å². The van der Waals surface area contributed by atoms with Crippen LogP contribution in [0.4, 0.5) is 4.39 Å². The van der Waals surface area contributed by atoms with Crippen LogP contribution in [0.1, 0.15) is 30.6 Å². The highest BCUT2D eigenvalue weighted by Gasteiger charge is 2.18. The summed E-state index contributed by atoms with van der Waals surface area (Å²) in [6, 6.07) is 3.73. The Morgan fingerprint density at radius 3 is 2.55 bits per heavy atom. The number of carboxylic acids is 1. The fourth-order valence-corrected chi connectivity index (χ4v) is 1.94. The van der Waals surface area contributed by atoms with Crippen molar-refractivity contribution in [3.8, 4) is 0 Å². The van der Waals surface area contributed by atoms with Gasteiger partial charge in [-0.1, -0.05) is 25.4 Å². The Kier molecular flexibility index (Phi) is 5.95. The average molecular weight is 302 g/mol. The molecule has 0 unspecified atom stereocenters. The largest absolute Gasteiger partial charge is 0.481 e. The normalized spacial score (nSPS) is 10.7. The van der Waals surface area contributed by atoms with Gasteiger partial charge in [-0.2, -0.15) is 0 Å². The minimum atomic E-state index is -0.969. The second-order valence-corrected chi connectivity index (χ2v) is 5.32. The number of nitrogens with zero attached hydrogens (tertiary/aromatic N) is 1. The molecule has 0 saturated heterocycles. The monoisotopic (exact) mass is 301 g/mol. The van der Waals surface area contributed by atoms with Gasteiger partial charge in [0.15, 0.2) is 0 Å². The quantitative estimate of drug-likeness (QED) is 0.878. The number of carbonyl (C=O) groups excluding carboxylic acids is 1. The summed E-state index contributed by atoms with van der Waals surface area (Å²) in [6.45, 7) is 4.40. The molecule has 110 valence electrons. The van der Waals surface area contributed by atoms with E-state index < -0.39 is 11.8 Å². The lowest BCUT2D eigenvalue weighted by Crippen LogP contribution is -2.36. The van der Waals surface area contributed by atoms with E-state index in [4.69, 9.17) is 16.7 Å². The van der Waals surface area contributed by atoms with Crippen molar-refractivity contribution in [1.82, 2.24) is 4.90 Å². The van der Waals surface area contributed by atoms with Crippen LogP contribution in [0.25, 0.3) is 0 Å². The standard InChI is InChI=1S/C14H17ClFNO3/c1-9(2)8-17(6-5-13(18)19)14(20)10-3-4-12(16)11(15)7-10/h3-4,7,9H,5-6,8H2,1-2H3,(H,18,19). The highest BCUT2D eigenvalue weighted by atomic mass is 35.5. The molecular weight excluding hydrogens is 285 g/mol. The van der Waals surface area contributed by atoms with E-state index in [0.717, 1.165) is 6.07 Å². The fourth-order valence-electron chi connectivity index (χ4n) is 1.76. The van der Waals surface area contributed by atoms with Crippen LogP contribution in [0.2, 0.25) is 5.02 Å². The Hall–Kier alpha value is -1.62. The van der Waals surface area contributed by atoms with Crippen molar-refractivity contribution in [2.24, 2.45) is 5.92 Å². The lowest BCUT2D eigenvalue weighted by Gasteiger charge is -2.24. The molecule has 1 aromatic rings. The molecule has 0 heterocycles. The Balaban J connectivity index is 2.90. The second kappa shape index (κ2) is 7.24.